The van der Waals surface area contributed by atoms with Gasteiger partial charge in [0.15, 0.2) is 11.5 Å². The molecule has 1 aliphatic carbocycles. The number of hydroxylamine groups is 1. The molecule has 0 radical (unpaired) electrons. The van der Waals surface area contributed by atoms with E-state index in [2.05, 4.69) is 26.2 Å². The molecule has 13 nitrogen and oxygen atoms in total. The minimum absolute atomic E-state index is 0.0698. The van der Waals surface area contributed by atoms with Crippen molar-refractivity contribution >= 4 is 29.1 Å². The molecule has 1 saturated carbocycles. The van der Waals surface area contributed by atoms with Crippen LogP contribution >= 0.6 is 0 Å². The maximum Gasteiger partial charge on any atom is 0.393 e. The van der Waals surface area contributed by atoms with E-state index in [1.165, 1.54) is 4.52 Å². The summed E-state index contributed by atoms with van der Waals surface area (Å²) in [6.07, 6.45) is -3.20. The highest BCUT2D eigenvalue weighted by Gasteiger charge is 2.45. The van der Waals surface area contributed by atoms with Gasteiger partial charge in [-0.15, -0.1) is 5.48 Å². The number of aromatic nitrogens is 4. The highest BCUT2D eigenvalue weighted by molar-refractivity contribution is 6.41. The third-order valence-electron chi connectivity index (χ3n) is 9.70. The second-order valence-electron chi connectivity index (χ2n) is 13.0. The Morgan fingerprint density at radius 3 is 2.57 bits per heavy atom. The summed E-state index contributed by atoms with van der Waals surface area (Å²) in [5.74, 6) is -6.20. The fourth-order valence-corrected chi connectivity index (χ4v) is 6.76. The zero-order valence-corrected chi connectivity index (χ0v) is 26.2. The summed E-state index contributed by atoms with van der Waals surface area (Å²) in [6, 6.07) is -1.23. The standard InChI is InChI=1S/C29H39F5N10O3/c1-3-19-23(41-47-40-19)26(46)37-22(16-4-6-28(30,31)7-5-16)21-15-44-27(36-21)38-24(43-10-8-42(2)9-11-43)20(39-44)13-17-12-18(29(32,33)34)14-35-25(17)45/h15-19,22,40H,3-14H2,1-2H3,(H,35,45)(H,37,46). The number of nitrogens with one attached hydrogen (secondary N) is 3. The van der Waals surface area contributed by atoms with Gasteiger partial charge in [-0.3, -0.25) is 14.5 Å². The second-order valence-corrected chi connectivity index (χ2v) is 13.0. The largest absolute Gasteiger partial charge is 0.393 e. The molecule has 2 aromatic heterocycles. The fourth-order valence-electron chi connectivity index (χ4n) is 6.76. The first-order chi connectivity index (χ1) is 22.3. The average Bonchev–Trinajstić information content (AvgIpc) is 3.67. The molecule has 47 heavy (non-hydrogen) atoms. The molecular weight excluding hydrogens is 631 g/mol. The highest BCUT2D eigenvalue weighted by atomic mass is 19.4. The number of hydrogen-bond donors (Lipinski definition) is 3. The van der Waals surface area contributed by atoms with Crippen LogP contribution in [-0.4, -0.2) is 99.9 Å². The number of nitrogens with zero attached hydrogens (tertiary/aromatic N) is 7. The van der Waals surface area contributed by atoms with Crippen molar-refractivity contribution in [2.75, 3.05) is 44.7 Å². The summed E-state index contributed by atoms with van der Waals surface area (Å²) >= 11 is 0. The third kappa shape index (κ3) is 7.27. The second kappa shape index (κ2) is 13.1. The van der Waals surface area contributed by atoms with Gasteiger partial charge in [0.05, 0.1) is 29.9 Å². The smallest absolute Gasteiger partial charge is 0.355 e. The molecule has 3 fully saturated rings. The average molecular weight is 671 g/mol. The van der Waals surface area contributed by atoms with E-state index in [1.54, 1.807) is 6.20 Å². The SMILES string of the molecule is CCC1NON=C1C(=O)NC(c1cn2nc(CC3CC(C(F)(F)F)CNC3=O)c(N3CCN(C)CC3)nc2n1)C1CCC(F)(F)CC1. The molecule has 4 unspecified atom stereocenters. The molecule has 6 rings (SSSR count). The maximum absolute atomic E-state index is 14.1. The molecule has 2 amide bonds. The first-order valence-corrected chi connectivity index (χ1v) is 16.0. The Morgan fingerprint density at radius 1 is 1.17 bits per heavy atom. The van der Waals surface area contributed by atoms with Crippen LogP contribution in [0.25, 0.3) is 5.78 Å². The number of oxime groups is 1. The summed E-state index contributed by atoms with van der Waals surface area (Å²) < 4.78 is 70.5. The molecule has 3 N–H and O–H groups in total. The number of hydrogen-bond acceptors (Lipinski definition) is 10. The van der Waals surface area contributed by atoms with Gasteiger partial charge in [0.25, 0.3) is 11.7 Å². The van der Waals surface area contributed by atoms with Crippen LogP contribution in [0.4, 0.5) is 27.8 Å². The Balaban J connectivity index is 1.35. The van der Waals surface area contributed by atoms with E-state index in [0.29, 0.717) is 49.8 Å². The lowest BCUT2D eigenvalue weighted by atomic mass is 9.81. The number of halogens is 5. The molecule has 0 aromatic carbocycles. The lowest BCUT2D eigenvalue weighted by Gasteiger charge is -2.34. The Labute approximate surface area is 267 Å². The fraction of sp³-hybridized carbons (Fsp3) is 0.724. The molecule has 4 aliphatic rings. The van der Waals surface area contributed by atoms with Crippen molar-refractivity contribution in [3.8, 4) is 0 Å². The summed E-state index contributed by atoms with van der Waals surface area (Å²) in [6.45, 7) is 3.98. The summed E-state index contributed by atoms with van der Waals surface area (Å²) in [7, 11) is 1.98. The van der Waals surface area contributed by atoms with Crippen LogP contribution in [0.5, 0.6) is 0 Å². The van der Waals surface area contributed by atoms with Crippen molar-refractivity contribution in [3.63, 3.8) is 0 Å². The lowest BCUT2D eigenvalue weighted by molar-refractivity contribution is -0.183. The van der Waals surface area contributed by atoms with Crippen molar-refractivity contribution in [2.24, 2.45) is 22.9 Å². The van der Waals surface area contributed by atoms with E-state index in [1.807, 2.05) is 18.9 Å². The number of piperazine rings is 1. The van der Waals surface area contributed by atoms with Crippen molar-refractivity contribution in [2.45, 2.75) is 76.1 Å². The Morgan fingerprint density at radius 2 is 1.89 bits per heavy atom. The van der Waals surface area contributed by atoms with Gasteiger partial charge in [-0.05, 0) is 38.6 Å². The van der Waals surface area contributed by atoms with E-state index < -0.39 is 54.4 Å². The molecule has 2 saturated heterocycles. The molecule has 4 atom stereocenters. The predicted octanol–water partition coefficient (Wildman–Crippen LogP) is 2.39. The zero-order valence-electron chi connectivity index (χ0n) is 26.2. The van der Waals surface area contributed by atoms with Crippen molar-refractivity contribution in [3.05, 3.63) is 17.6 Å². The molecule has 2 aromatic rings. The zero-order chi connectivity index (χ0) is 33.5. The quantitative estimate of drug-likeness (QED) is 0.361. The number of amides is 2. The maximum atomic E-state index is 14.1. The van der Waals surface area contributed by atoms with Crippen molar-refractivity contribution in [1.82, 2.24) is 40.6 Å². The molecule has 3 aliphatic heterocycles. The summed E-state index contributed by atoms with van der Waals surface area (Å²) in [4.78, 5) is 44.6. The van der Waals surface area contributed by atoms with Gasteiger partial charge in [-0.1, -0.05) is 12.1 Å². The molecule has 18 heteroatoms. The molecule has 0 spiro atoms. The van der Waals surface area contributed by atoms with E-state index in [0.717, 1.165) is 0 Å². The van der Waals surface area contributed by atoms with E-state index >= 15 is 0 Å². The molecule has 5 heterocycles. The Hall–Kier alpha value is -3.67. The van der Waals surface area contributed by atoms with Crippen molar-refractivity contribution < 1.29 is 36.5 Å². The van der Waals surface area contributed by atoms with Gasteiger partial charge in [0, 0.05) is 57.9 Å². The van der Waals surface area contributed by atoms with Crippen LogP contribution in [0.2, 0.25) is 0 Å². The number of rotatable bonds is 8. The van der Waals surface area contributed by atoms with Gasteiger partial charge in [-0.25, -0.2) is 18.3 Å². The first-order valence-electron chi connectivity index (χ1n) is 16.0. The number of likely N-dealkylation sites (N-methyl/N-ethyl adjacent to an activating group) is 1. The van der Waals surface area contributed by atoms with E-state index in [4.69, 9.17) is 20.0 Å². The van der Waals surface area contributed by atoms with Crippen LogP contribution in [-0.2, 0) is 20.9 Å². The van der Waals surface area contributed by atoms with Crippen LogP contribution in [0.3, 0.4) is 0 Å². The number of fused-ring (bicyclic) bond motifs is 1. The van der Waals surface area contributed by atoms with E-state index in [-0.39, 0.29) is 55.9 Å². The summed E-state index contributed by atoms with van der Waals surface area (Å²) in [5.41, 5.74) is 3.48. The number of carbonyl (C=O) groups is 2. The monoisotopic (exact) mass is 670 g/mol. The van der Waals surface area contributed by atoms with E-state index in [9.17, 15) is 31.5 Å². The van der Waals surface area contributed by atoms with Crippen LogP contribution < -0.4 is 21.0 Å². The first kappa shape index (κ1) is 33.2. The molecular formula is C29H39F5N10O3. The third-order valence-corrected chi connectivity index (χ3v) is 9.70. The predicted molar refractivity (Wildman–Crippen MR) is 158 cm³/mol. The number of piperidine rings is 1. The van der Waals surface area contributed by atoms with Crippen LogP contribution in [0.1, 0.15) is 62.9 Å². The van der Waals surface area contributed by atoms with Crippen LogP contribution in [0.15, 0.2) is 11.4 Å². The topological polar surface area (TPSA) is 141 Å². The lowest BCUT2D eigenvalue weighted by Crippen LogP contribution is -2.48. The Kier molecular flexibility index (Phi) is 9.26. The minimum Gasteiger partial charge on any atom is -0.355 e. The van der Waals surface area contributed by atoms with Gasteiger partial charge in [-0.2, -0.15) is 23.3 Å². The normalized spacial score (nSPS) is 26.5. The molecule has 258 valence electrons. The Bertz CT molecular complexity index is 1500. The highest BCUT2D eigenvalue weighted by Crippen LogP contribution is 2.41. The van der Waals surface area contributed by atoms with Gasteiger partial charge >= 0.3 is 6.18 Å². The molecule has 0 bridgehead atoms. The number of carbonyl (C=O) groups excluding carboxylic acids is 2. The van der Waals surface area contributed by atoms with Gasteiger partial charge in [0.2, 0.25) is 11.8 Å². The minimum atomic E-state index is -4.45. The van der Waals surface area contributed by atoms with Crippen LogP contribution in [0, 0.1) is 17.8 Å². The van der Waals surface area contributed by atoms with Gasteiger partial charge < -0.3 is 20.4 Å². The number of alkyl halides is 5. The number of imidazole rings is 1. The van der Waals surface area contributed by atoms with Gasteiger partial charge in [0.1, 0.15) is 5.69 Å². The van der Waals surface area contributed by atoms with Crippen molar-refractivity contribution in [1.29, 1.82) is 0 Å². The summed E-state index contributed by atoms with van der Waals surface area (Å²) in [5, 5.41) is 13.9. The number of anilines is 1.